The molecule has 0 unspecified atom stereocenters. The van der Waals surface area contributed by atoms with Crippen molar-refractivity contribution in [3.8, 4) is 11.1 Å². The van der Waals surface area contributed by atoms with Gasteiger partial charge in [0.15, 0.2) is 0 Å². The summed E-state index contributed by atoms with van der Waals surface area (Å²) in [5, 5.41) is 0. The fourth-order valence-electron chi connectivity index (χ4n) is 3.85. The lowest BCUT2D eigenvalue weighted by Gasteiger charge is -2.36. The molecule has 1 N–H and O–H groups in total. The summed E-state index contributed by atoms with van der Waals surface area (Å²) in [4.78, 5) is 34.4. The van der Waals surface area contributed by atoms with E-state index in [4.69, 9.17) is 0 Å². The maximum Gasteiger partial charge on any atom is 0.344 e. The summed E-state index contributed by atoms with van der Waals surface area (Å²) in [6, 6.07) is 16.2. The molecule has 0 saturated carbocycles. The van der Waals surface area contributed by atoms with Gasteiger partial charge in [-0.25, -0.2) is 9.78 Å². The minimum absolute atomic E-state index is 0.00315. The average Bonchev–Trinajstić information content (AvgIpc) is 2.74. The van der Waals surface area contributed by atoms with Crippen LogP contribution in [0.15, 0.2) is 65.7 Å². The largest absolute Gasteiger partial charge is 0.344 e. The zero-order valence-electron chi connectivity index (χ0n) is 16.6. The number of nitrogens with zero attached hydrogens (tertiary/aromatic N) is 3. The first-order valence-corrected chi connectivity index (χ1v) is 9.69. The number of benzene rings is 2. The molecule has 1 aromatic heterocycles. The van der Waals surface area contributed by atoms with Gasteiger partial charge in [-0.2, -0.15) is 0 Å². The highest BCUT2D eigenvalue weighted by Gasteiger charge is 2.25. The Morgan fingerprint density at radius 2 is 1.86 bits per heavy atom. The predicted molar refractivity (Wildman–Crippen MR) is 113 cm³/mol. The molecule has 0 aliphatic carbocycles. The highest BCUT2D eigenvalue weighted by Crippen LogP contribution is 2.23. The predicted octanol–water partition coefficient (Wildman–Crippen LogP) is 2.57. The fourth-order valence-corrected chi connectivity index (χ4v) is 3.85. The van der Waals surface area contributed by atoms with E-state index in [9.17, 15) is 9.59 Å². The van der Waals surface area contributed by atoms with Gasteiger partial charge in [-0.3, -0.25) is 9.69 Å². The lowest BCUT2D eigenvalue weighted by atomic mass is 9.94. The van der Waals surface area contributed by atoms with Crippen molar-refractivity contribution in [2.24, 2.45) is 0 Å². The number of carbonyl (C=O) groups excluding carboxylic acids is 1. The Morgan fingerprint density at radius 1 is 1.14 bits per heavy atom. The summed E-state index contributed by atoms with van der Waals surface area (Å²) in [7, 11) is 3.97. The number of aromatic amines is 1. The van der Waals surface area contributed by atoms with Gasteiger partial charge in [-0.1, -0.05) is 36.4 Å². The van der Waals surface area contributed by atoms with E-state index in [0.29, 0.717) is 18.2 Å². The number of rotatable bonds is 4. The van der Waals surface area contributed by atoms with E-state index < -0.39 is 0 Å². The molecule has 1 aliphatic heterocycles. The molecule has 148 valence electrons. The number of likely N-dealkylation sites (N-methyl/N-ethyl adjacent to an activating group) is 2. The third-order valence-corrected chi connectivity index (χ3v) is 5.59. The van der Waals surface area contributed by atoms with Crippen LogP contribution in [0.3, 0.4) is 0 Å². The van der Waals surface area contributed by atoms with Crippen LogP contribution in [0.5, 0.6) is 0 Å². The molecule has 3 aromatic rings. The maximum atomic E-state index is 12.9. The van der Waals surface area contributed by atoms with Crippen molar-refractivity contribution >= 4 is 5.91 Å². The van der Waals surface area contributed by atoms with Crippen LogP contribution < -0.4 is 5.69 Å². The zero-order valence-corrected chi connectivity index (χ0v) is 16.6. The van der Waals surface area contributed by atoms with Gasteiger partial charge in [0, 0.05) is 49.7 Å². The second kappa shape index (κ2) is 8.01. The smallest absolute Gasteiger partial charge is 0.340 e. The number of nitrogens with one attached hydrogen (secondary N) is 1. The second-order valence-corrected chi connectivity index (χ2v) is 7.61. The van der Waals surface area contributed by atoms with Crippen LogP contribution >= 0.6 is 0 Å². The molecule has 1 amide bonds. The van der Waals surface area contributed by atoms with Crippen molar-refractivity contribution in [2.45, 2.75) is 19.0 Å². The maximum absolute atomic E-state index is 12.9. The lowest BCUT2D eigenvalue weighted by Crippen LogP contribution is -2.46. The first-order chi connectivity index (χ1) is 14.0. The molecule has 1 aliphatic rings. The first kappa shape index (κ1) is 19.1. The Bertz CT molecular complexity index is 1050. The van der Waals surface area contributed by atoms with Gasteiger partial charge in [0.2, 0.25) is 0 Å². The molecular formula is C23H24N4O2. The van der Waals surface area contributed by atoms with Crippen LogP contribution in [0.4, 0.5) is 0 Å². The molecule has 2 heterocycles. The summed E-state index contributed by atoms with van der Waals surface area (Å²) in [5.74, 6) is 0.00315. The summed E-state index contributed by atoms with van der Waals surface area (Å²) in [6.45, 7) is 1.58. The Balaban J connectivity index is 1.44. The number of aromatic nitrogens is 2. The molecule has 0 bridgehead atoms. The normalized spacial score (nSPS) is 16.3. The van der Waals surface area contributed by atoms with E-state index in [1.807, 2.05) is 31.3 Å². The Labute approximate surface area is 169 Å². The van der Waals surface area contributed by atoms with Crippen LogP contribution in [0.25, 0.3) is 11.1 Å². The van der Waals surface area contributed by atoms with Crippen LogP contribution in [-0.4, -0.2) is 52.4 Å². The monoisotopic (exact) mass is 388 g/mol. The van der Waals surface area contributed by atoms with Crippen molar-refractivity contribution in [1.82, 2.24) is 19.8 Å². The van der Waals surface area contributed by atoms with E-state index in [0.717, 1.165) is 24.1 Å². The molecule has 0 fully saturated rings. The third-order valence-electron chi connectivity index (χ3n) is 5.59. The number of hydrogen-bond acceptors (Lipinski definition) is 4. The lowest BCUT2D eigenvalue weighted by molar-refractivity contribution is 0.0733. The number of hydrogen-bond donors (Lipinski definition) is 1. The van der Waals surface area contributed by atoms with Gasteiger partial charge in [0.05, 0.1) is 0 Å². The SMILES string of the molecule is CN(C[C@@H]1Cc2ccccc2CN1C)C(=O)c1ccc(-c2cnc(=O)[nH]c2)cc1. The van der Waals surface area contributed by atoms with Crippen molar-refractivity contribution < 1.29 is 4.79 Å². The molecule has 1 atom stereocenters. The van der Waals surface area contributed by atoms with Gasteiger partial charge in [0.25, 0.3) is 5.91 Å². The summed E-state index contributed by atoms with van der Waals surface area (Å²) >= 11 is 0. The molecule has 6 heteroatoms. The number of carbonyl (C=O) groups is 1. The fraction of sp³-hybridized carbons (Fsp3) is 0.261. The topological polar surface area (TPSA) is 69.3 Å². The van der Waals surface area contributed by atoms with Crippen molar-refractivity contribution in [1.29, 1.82) is 0 Å². The van der Waals surface area contributed by atoms with Crippen LogP contribution in [0, 0.1) is 0 Å². The molecule has 0 spiro atoms. The molecule has 29 heavy (non-hydrogen) atoms. The summed E-state index contributed by atoms with van der Waals surface area (Å²) in [5.41, 5.74) is 4.71. The number of fused-ring (bicyclic) bond motifs is 1. The quantitative estimate of drug-likeness (QED) is 0.746. The molecule has 6 nitrogen and oxygen atoms in total. The Kier molecular flexibility index (Phi) is 5.27. The highest BCUT2D eigenvalue weighted by atomic mass is 16.2. The number of H-pyrrole nitrogens is 1. The van der Waals surface area contributed by atoms with E-state index >= 15 is 0 Å². The van der Waals surface area contributed by atoms with E-state index in [1.54, 1.807) is 11.1 Å². The van der Waals surface area contributed by atoms with Gasteiger partial charge in [-0.05, 0) is 42.3 Å². The molecule has 2 aromatic carbocycles. The highest BCUT2D eigenvalue weighted by molar-refractivity contribution is 5.94. The van der Waals surface area contributed by atoms with E-state index in [1.165, 1.54) is 17.3 Å². The zero-order chi connectivity index (χ0) is 20.4. The van der Waals surface area contributed by atoms with Gasteiger partial charge < -0.3 is 9.88 Å². The first-order valence-electron chi connectivity index (χ1n) is 9.69. The Hall–Kier alpha value is -3.25. The Morgan fingerprint density at radius 3 is 2.55 bits per heavy atom. The van der Waals surface area contributed by atoms with E-state index in [-0.39, 0.29) is 11.6 Å². The van der Waals surface area contributed by atoms with E-state index in [2.05, 4.69) is 46.2 Å². The second-order valence-electron chi connectivity index (χ2n) is 7.61. The van der Waals surface area contributed by atoms with Crippen molar-refractivity contribution in [3.63, 3.8) is 0 Å². The minimum atomic E-state index is -0.377. The number of amides is 1. The molecule has 0 saturated heterocycles. The van der Waals surface area contributed by atoms with Gasteiger partial charge >= 0.3 is 5.69 Å². The standard InChI is InChI=1S/C23H24N4O2/c1-26-14-19-6-4-3-5-18(19)11-21(26)15-27(2)22(28)17-9-7-16(8-10-17)20-12-24-23(29)25-13-20/h3-10,12-13,21H,11,14-15H2,1-2H3,(H,24,25,29)/t21-/m0/s1. The molecule has 0 radical (unpaired) electrons. The van der Waals surface area contributed by atoms with Crippen molar-refractivity contribution in [2.75, 3.05) is 20.6 Å². The third kappa shape index (κ3) is 4.12. The van der Waals surface area contributed by atoms with Crippen LogP contribution in [0.2, 0.25) is 0 Å². The average molecular weight is 388 g/mol. The van der Waals surface area contributed by atoms with Gasteiger partial charge in [0.1, 0.15) is 0 Å². The minimum Gasteiger partial charge on any atom is -0.340 e. The van der Waals surface area contributed by atoms with Crippen molar-refractivity contribution in [3.05, 3.63) is 88.1 Å². The summed E-state index contributed by atoms with van der Waals surface area (Å²) in [6.07, 6.45) is 4.09. The van der Waals surface area contributed by atoms with Crippen LogP contribution in [-0.2, 0) is 13.0 Å². The van der Waals surface area contributed by atoms with Gasteiger partial charge in [-0.15, -0.1) is 0 Å². The molecular weight excluding hydrogens is 364 g/mol. The molecule has 4 rings (SSSR count). The summed E-state index contributed by atoms with van der Waals surface area (Å²) < 4.78 is 0. The van der Waals surface area contributed by atoms with Crippen LogP contribution in [0.1, 0.15) is 21.5 Å².